The number of ether oxygens (including phenoxy) is 2. The number of fused-ring (bicyclic) bond motifs is 6. The topological polar surface area (TPSA) is 180 Å². The lowest BCUT2D eigenvalue weighted by molar-refractivity contribution is -0.204. The molecule has 2 aromatic carbocycles. The Bertz CT molecular complexity index is 2230. The van der Waals surface area contributed by atoms with Crippen molar-refractivity contribution in [3.8, 4) is 5.75 Å². The highest BCUT2D eigenvalue weighted by atomic mass is 16.5. The van der Waals surface area contributed by atoms with Gasteiger partial charge in [-0.15, -0.1) is 0 Å². The molecule has 1 spiro atoms. The first kappa shape index (κ1) is 40.1. The van der Waals surface area contributed by atoms with Crippen molar-refractivity contribution in [1.82, 2.24) is 25.6 Å². The van der Waals surface area contributed by atoms with E-state index in [0.717, 1.165) is 16.5 Å². The van der Waals surface area contributed by atoms with E-state index in [-0.39, 0.29) is 12.3 Å². The quantitative estimate of drug-likeness (QED) is 0.0810. The van der Waals surface area contributed by atoms with Crippen LogP contribution < -0.4 is 20.5 Å². The highest BCUT2D eigenvalue weighted by molar-refractivity contribution is 5.97. The minimum Gasteiger partial charge on any atom is -0.496 e. The zero-order chi connectivity index (χ0) is 41.7. The summed E-state index contributed by atoms with van der Waals surface area (Å²) in [6, 6.07) is 10.2. The summed E-state index contributed by atoms with van der Waals surface area (Å²) in [6.07, 6.45) is 5.83. The number of methoxy groups -OCH3 is 2. The molecule has 1 aliphatic carbocycles. The number of nitrogens with zero attached hydrogens (tertiary/aromatic N) is 3. The molecule has 9 rings (SSSR count). The number of amides is 2. The van der Waals surface area contributed by atoms with E-state index in [1.807, 2.05) is 57.2 Å². The number of H-pyrrole nitrogens is 1. The fraction of sp³-hybridized carbons (Fsp3) is 0.578. The second kappa shape index (κ2) is 14.1. The zero-order valence-electron chi connectivity index (χ0n) is 34.7. The molecule has 1 aromatic heterocycles. The van der Waals surface area contributed by atoms with Crippen LogP contribution in [0, 0.1) is 11.3 Å². The standard InChI is InChI=1S/C45H58N6O8/c1-6-41(56)22-27-23-44(40(55)59-5,35-29(14-18-49(24-27)25-41)28-12-9-10-13-32(28)47-35)31-20-30-33(21-34(31)58-4)51(26-52)37-43(30)16-19-50-17-11-15-42(7-2,36(43)50)38(53)45(37,57)39(54)48-46-8-3/h9-13,15,20-21,26-27,36-38,46-47,53,56-57H,6-8,14,16-19,22-25H2,1-5H3,(H,48,54)/t27-,36-,37+,38+,41-,42+,43+,44-,45-/m0/s1. The summed E-state index contributed by atoms with van der Waals surface area (Å²) in [5.74, 6) is -1.12. The molecule has 14 heteroatoms. The highest BCUT2D eigenvalue weighted by Gasteiger charge is 2.79. The maximum absolute atomic E-state index is 15.3. The lowest BCUT2D eigenvalue weighted by atomic mass is 9.47. The van der Waals surface area contributed by atoms with E-state index in [1.165, 1.54) is 19.1 Å². The number of carbonyl (C=O) groups excluding carboxylic acids is 3. The molecule has 316 valence electrons. The Morgan fingerprint density at radius 2 is 1.83 bits per heavy atom. The molecule has 2 amide bonds. The molecular weight excluding hydrogens is 753 g/mol. The van der Waals surface area contributed by atoms with E-state index in [1.54, 1.807) is 6.07 Å². The van der Waals surface area contributed by atoms with Crippen LogP contribution in [0.15, 0.2) is 48.6 Å². The second-order valence-electron chi connectivity index (χ2n) is 18.0. The van der Waals surface area contributed by atoms with Crippen LogP contribution in [-0.2, 0) is 36.4 Å². The number of hydrazine groups is 1. The molecule has 2 bridgehead atoms. The number of rotatable bonds is 9. The van der Waals surface area contributed by atoms with Crippen molar-refractivity contribution in [2.24, 2.45) is 11.3 Å². The number of aromatic nitrogens is 1. The van der Waals surface area contributed by atoms with Crippen molar-refractivity contribution in [3.63, 3.8) is 0 Å². The number of benzene rings is 2. The fourth-order valence-electron chi connectivity index (χ4n) is 13.2. The molecule has 3 aromatic rings. The molecule has 6 N–H and O–H groups in total. The van der Waals surface area contributed by atoms with Gasteiger partial charge in [-0.2, -0.15) is 0 Å². The summed E-state index contributed by atoms with van der Waals surface area (Å²) in [6.45, 7) is 9.22. The zero-order valence-corrected chi connectivity index (χ0v) is 34.7. The van der Waals surface area contributed by atoms with Crippen molar-refractivity contribution < 1.29 is 39.2 Å². The number of esters is 1. The number of hydrogen-bond acceptors (Lipinski definition) is 11. The fourth-order valence-corrected chi connectivity index (χ4v) is 13.2. The summed E-state index contributed by atoms with van der Waals surface area (Å²) >= 11 is 0. The number of aromatic amines is 1. The van der Waals surface area contributed by atoms with E-state index in [2.05, 4.69) is 31.7 Å². The number of nitrogens with one attached hydrogen (secondary N) is 3. The SMILES string of the molecule is CCNNC(=O)[C@@]1(O)[C@H](O)[C@]2(CC)C=CCN3CC[C@@]4(c5cc([C@@]6(C(=O)OC)C[C@H]7CN(CCc8c6[nH]c6ccccc86)C[C@](O)(CC)C7)c(OC)cc5N(C=O)[C@@H]14)[C@@H]32. The van der Waals surface area contributed by atoms with Gasteiger partial charge in [-0.05, 0) is 74.2 Å². The first-order chi connectivity index (χ1) is 28.4. The van der Waals surface area contributed by atoms with Gasteiger partial charge in [0.2, 0.25) is 6.41 Å². The Kier molecular flexibility index (Phi) is 9.61. The van der Waals surface area contributed by atoms with Gasteiger partial charge in [0.1, 0.15) is 17.3 Å². The lowest BCUT2D eigenvalue weighted by Gasteiger charge is -2.63. The number of carbonyl (C=O) groups is 3. The van der Waals surface area contributed by atoms with E-state index in [9.17, 15) is 24.9 Å². The van der Waals surface area contributed by atoms with Gasteiger partial charge in [-0.25, -0.2) is 5.43 Å². The Hall–Kier alpha value is -4.31. The Balaban J connectivity index is 1.36. The van der Waals surface area contributed by atoms with Gasteiger partial charge in [0.25, 0.3) is 5.91 Å². The van der Waals surface area contributed by atoms with Gasteiger partial charge in [0, 0.05) is 77.8 Å². The molecule has 1 saturated carbocycles. The monoisotopic (exact) mass is 810 g/mol. The average molecular weight is 811 g/mol. The van der Waals surface area contributed by atoms with Crippen molar-refractivity contribution in [2.75, 3.05) is 58.4 Å². The molecule has 3 fully saturated rings. The third-order valence-corrected chi connectivity index (χ3v) is 15.5. The van der Waals surface area contributed by atoms with Gasteiger partial charge in [0.15, 0.2) is 5.60 Å². The molecule has 5 aliphatic heterocycles. The summed E-state index contributed by atoms with van der Waals surface area (Å²) in [5, 5.41) is 38.7. The van der Waals surface area contributed by atoms with Gasteiger partial charge in [-0.3, -0.25) is 29.6 Å². The van der Waals surface area contributed by atoms with Crippen molar-refractivity contribution in [3.05, 3.63) is 70.9 Å². The number of aliphatic hydroxyl groups is 3. The first-order valence-electron chi connectivity index (χ1n) is 21.3. The molecule has 10 atom stereocenters. The van der Waals surface area contributed by atoms with E-state index < -0.39 is 57.5 Å². The molecule has 2 saturated heterocycles. The largest absolute Gasteiger partial charge is 0.496 e. The van der Waals surface area contributed by atoms with Gasteiger partial charge >= 0.3 is 5.97 Å². The number of para-hydroxylation sites is 1. The Morgan fingerprint density at radius 1 is 1.03 bits per heavy atom. The Labute approximate surface area is 344 Å². The highest BCUT2D eigenvalue weighted by Crippen LogP contribution is 2.67. The maximum Gasteiger partial charge on any atom is 0.322 e. The smallest absolute Gasteiger partial charge is 0.322 e. The number of aliphatic hydroxyl groups excluding tert-OH is 1. The minimum atomic E-state index is -2.47. The minimum absolute atomic E-state index is 0.136. The van der Waals surface area contributed by atoms with Gasteiger partial charge in [-0.1, -0.05) is 51.1 Å². The van der Waals surface area contributed by atoms with E-state index >= 15 is 4.79 Å². The molecule has 14 nitrogen and oxygen atoms in total. The summed E-state index contributed by atoms with van der Waals surface area (Å²) in [5.41, 5.74) is 2.64. The molecule has 1 unspecified atom stereocenters. The van der Waals surface area contributed by atoms with Gasteiger partial charge in [0.05, 0.1) is 31.5 Å². The molecule has 0 radical (unpaired) electrons. The second-order valence-corrected chi connectivity index (χ2v) is 18.0. The third-order valence-electron chi connectivity index (χ3n) is 15.5. The average Bonchev–Trinajstić information content (AvgIpc) is 3.92. The van der Waals surface area contributed by atoms with Crippen LogP contribution in [0.3, 0.4) is 0 Å². The van der Waals surface area contributed by atoms with E-state index in [0.29, 0.717) is 106 Å². The van der Waals surface area contributed by atoms with Crippen LogP contribution in [0.4, 0.5) is 5.69 Å². The predicted octanol–water partition coefficient (Wildman–Crippen LogP) is 2.41. The predicted molar refractivity (Wildman–Crippen MR) is 221 cm³/mol. The maximum atomic E-state index is 15.3. The lowest BCUT2D eigenvalue weighted by Crippen LogP contribution is -2.82. The van der Waals surface area contributed by atoms with Crippen molar-refractivity contribution in [2.45, 2.75) is 99.5 Å². The van der Waals surface area contributed by atoms with Crippen molar-refractivity contribution in [1.29, 1.82) is 0 Å². The molecular formula is C45H58N6O8. The van der Waals surface area contributed by atoms with Gasteiger partial charge < -0.3 is 34.7 Å². The number of anilines is 1. The van der Waals surface area contributed by atoms with Crippen LogP contribution in [0.5, 0.6) is 5.75 Å². The summed E-state index contributed by atoms with van der Waals surface area (Å²) < 4.78 is 12.2. The summed E-state index contributed by atoms with van der Waals surface area (Å²) in [4.78, 5) is 53.2. The Morgan fingerprint density at radius 3 is 2.54 bits per heavy atom. The first-order valence-corrected chi connectivity index (χ1v) is 21.3. The van der Waals surface area contributed by atoms with E-state index in [4.69, 9.17) is 9.47 Å². The van der Waals surface area contributed by atoms with Crippen LogP contribution >= 0.6 is 0 Å². The van der Waals surface area contributed by atoms with Crippen molar-refractivity contribution >= 4 is 34.9 Å². The van der Waals surface area contributed by atoms with Crippen LogP contribution in [0.1, 0.15) is 75.3 Å². The van der Waals surface area contributed by atoms with Crippen LogP contribution in [-0.4, -0.2) is 131 Å². The molecule has 6 aliphatic rings. The normalized spacial score (nSPS) is 37.0. The number of piperidine rings is 1. The van der Waals surface area contributed by atoms with Crippen LogP contribution in [0.2, 0.25) is 0 Å². The third kappa shape index (κ3) is 5.23. The van der Waals surface area contributed by atoms with Crippen LogP contribution in [0.25, 0.3) is 10.9 Å². The molecule has 59 heavy (non-hydrogen) atoms. The number of hydrogen-bond donors (Lipinski definition) is 6. The molecule has 6 heterocycles. The summed E-state index contributed by atoms with van der Waals surface area (Å²) in [7, 11) is 2.94.